The number of aromatic nitrogens is 3. The number of imidazole rings is 1. The van der Waals surface area contributed by atoms with Crippen molar-refractivity contribution in [1.29, 1.82) is 0 Å². The minimum atomic E-state index is -0.150. The van der Waals surface area contributed by atoms with Gasteiger partial charge in [0.25, 0.3) is 6.71 Å². The van der Waals surface area contributed by atoms with Gasteiger partial charge in [0.1, 0.15) is 17.4 Å². The standard InChI is InChI=1S/C47H32BN5O.Pt/c1-32-16-11-13-26-41(32)51(31-49-34-19-7-3-8-20-34)36-28-29-37-38-24-15-25-40-44(38)53(42(37)30-36)47-45(48(40)33-17-5-2-6-18-33)52(35-21-9-4-10-22-35)46(50-47)39-23-12-14-27-43(39)54;/h2-29,54H,1H3;/q-2;+2. The van der Waals surface area contributed by atoms with Crippen molar-refractivity contribution in [3.05, 3.63) is 181 Å². The van der Waals surface area contributed by atoms with Gasteiger partial charge in [-0.1, -0.05) is 150 Å². The van der Waals surface area contributed by atoms with Crippen molar-refractivity contribution in [2.24, 2.45) is 4.99 Å². The van der Waals surface area contributed by atoms with Crippen molar-refractivity contribution >= 4 is 68.4 Å². The minimum absolute atomic E-state index is 0. The number of benzene rings is 7. The first-order valence-corrected chi connectivity index (χ1v) is 18.0. The number of phenolic OH excluding ortho intramolecular Hbond substituents is 1. The Labute approximate surface area is 334 Å². The zero-order valence-electron chi connectivity index (χ0n) is 29.7. The van der Waals surface area contributed by atoms with E-state index in [1.807, 2.05) is 83.8 Å². The Hall–Kier alpha value is -6.43. The van der Waals surface area contributed by atoms with Crippen LogP contribution in [0.3, 0.4) is 0 Å². The van der Waals surface area contributed by atoms with Gasteiger partial charge in [0.15, 0.2) is 0 Å². The zero-order valence-corrected chi connectivity index (χ0v) is 32.0. The molecule has 1 aliphatic heterocycles. The van der Waals surface area contributed by atoms with Gasteiger partial charge in [0, 0.05) is 23.1 Å². The van der Waals surface area contributed by atoms with E-state index in [0.717, 1.165) is 67.0 Å². The van der Waals surface area contributed by atoms with Crippen molar-refractivity contribution in [3.63, 3.8) is 0 Å². The predicted molar refractivity (Wildman–Crippen MR) is 222 cm³/mol. The molecule has 7 aromatic carbocycles. The monoisotopic (exact) mass is 888 g/mol. The first-order chi connectivity index (χ1) is 26.7. The van der Waals surface area contributed by atoms with Crippen molar-refractivity contribution < 1.29 is 26.2 Å². The van der Waals surface area contributed by atoms with Gasteiger partial charge in [0.05, 0.1) is 5.56 Å². The van der Waals surface area contributed by atoms with E-state index in [-0.39, 0.29) is 33.5 Å². The molecular weight excluding hydrogens is 856 g/mol. The number of anilines is 2. The zero-order chi connectivity index (χ0) is 36.2. The van der Waals surface area contributed by atoms with Crippen LogP contribution in [0, 0.1) is 13.0 Å². The first kappa shape index (κ1) is 34.3. The molecule has 0 saturated heterocycles. The molecule has 0 spiro atoms. The molecule has 1 N–H and O–H groups in total. The summed E-state index contributed by atoms with van der Waals surface area (Å²) in [7, 11) is 0. The van der Waals surface area contributed by atoms with Crippen molar-refractivity contribution in [2.45, 2.75) is 6.92 Å². The van der Waals surface area contributed by atoms with Gasteiger partial charge in [-0.2, -0.15) is 18.2 Å². The van der Waals surface area contributed by atoms with E-state index < -0.39 is 0 Å². The average molecular weight is 889 g/mol. The number of hydrogen-bond acceptors (Lipinski definition) is 3. The van der Waals surface area contributed by atoms with Crippen molar-refractivity contribution in [3.8, 4) is 28.6 Å². The summed E-state index contributed by atoms with van der Waals surface area (Å²) in [6.45, 7) is 1.95. The molecule has 0 radical (unpaired) electrons. The maximum Gasteiger partial charge on any atom is 2.00 e. The molecule has 264 valence electrons. The summed E-state index contributed by atoms with van der Waals surface area (Å²) < 4.78 is 4.49. The van der Waals surface area contributed by atoms with Gasteiger partial charge in [0.2, 0.25) is 0 Å². The maximum absolute atomic E-state index is 11.3. The van der Waals surface area contributed by atoms with Gasteiger partial charge >= 0.3 is 21.1 Å². The van der Waals surface area contributed by atoms with Gasteiger partial charge in [-0.25, -0.2) is 4.98 Å². The van der Waals surface area contributed by atoms with Crippen LogP contribution >= 0.6 is 0 Å². The third-order valence-electron chi connectivity index (χ3n) is 10.3. The van der Waals surface area contributed by atoms with Gasteiger partial charge < -0.3 is 24.1 Å². The Morgan fingerprint density at radius 1 is 0.691 bits per heavy atom. The molecule has 55 heavy (non-hydrogen) atoms. The molecule has 1 aliphatic rings. The van der Waals surface area contributed by atoms with E-state index in [1.165, 1.54) is 5.46 Å². The molecule has 0 saturated carbocycles. The third kappa shape index (κ3) is 5.71. The summed E-state index contributed by atoms with van der Waals surface area (Å²) in [5.74, 6) is 1.63. The number of aliphatic imine (C=N–C) groups is 1. The molecule has 0 amide bonds. The summed E-state index contributed by atoms with van der Waals surface area (Å²) in [4.78, 5) is 12.3. The van der Waals surface area contributed by atoms with E-state index in [9.17, 15) is 5.11 Å². The molecule has 0 aliphatic carbocycles. The number of phenols is 1. The van der Waals surface area contributed by atoms with E-state index in [1.54, 1.807) is 6.07 Å². The van der Waals surface area contributed by atoms with Crippen LogP contribution < -0.4 is 21.4 Å². The summed E-state index contributed by atoms with van der Waals surface area (Å²) in [5, 5.41) is 13.5. The molecule has 0 atom stereocenters. The number of fused-ring (bicyclic) bond motifs is 5. The smallest absolute Gasteiger partial charge is 0.507 e. The fourth-order valence-electron chi connectivity index (χ4n) is 7.90. The second-order valence-electron chi connectivity index (χ2n) is 13.5. The molecule has 2 aromatic heterocycles. The van der Waals surface area contributed by atoms with Crippen LogP contribution in [-0.4, -0.2) is 32.3 Å². The summed E-state index contributed by atoms with van der Waals surface area (Å²) >= 11 is 0. The first-order valence-electron chi connectivity index (χ1n) is 18.0. The van der Waals surface area contributed by atoms with Crippen LogP contribution in [0.25, 0.3) is 44.7 Å². The molecule has 0 fully saturated rings. The Morgan fingerprint density at radius 2 is 1.38 bits per heavy atom. The molecule has 6 nitrogen and oxygen atoms in total. The van der Waals surface area contributed by atoms with Gasteiger partial charge in [-0.3, -0.25) is 0 Å². The van der Waals surface area contributed by atoms with Crippen LogP contribution in [0.15, 0.2) is 175 Å². The summed E-state index contributed by atoms with van der Waals surface area (Å²) in [6.07, 6.45) is 3.35. The topological polar surface area (TPSA) is 58.6 Å². The molecule has 8 heteroatoms. The quantitative estimate of drug-likeness (QED) is 0.0574. The fourth-order valence-corrected chi connectivity index (χ4v) is 7.90. The molecule has 0 bridgehead atoms. The normalized spacial score (nSPS) is 11.9. The van der Waals surface area contributed by atoms with E-state index in [2.05, 4.69) is 113 Å². The SMILES string of the molecule is Cc1ccccc1N([C-]=Nc1ccccc1)c1[c-]c2c(cc1)c1cccc3c1n2-c1nc(-c2ccccc2O)n(-c2ccccc2)c1B3c1ccccc1.[Pt+2]. The number of nitrogens with zero attached hydrogens (tertiary/aromatic N) is 5. The van der Waals surface area contributed by atoms with Crippen LogP contribution in [-0.2, 0) is 21.1 Å². The van der Waals surface area contributed by atoms with Gasteiger partial charge in [-0.05, 0) is 53.4 Å². The second kappa shape index (κ2) is 14.1. The Bertz CT molecular complexity index is 2870. The number of aromatic hydroxyl groups is 1. The Kier molecular flexibility index (Phi) is 8.80. The van der Waals surface area contributed by atoms with Crippen LogP contribution in [0.4, 0.5) is 17.1 Å². The fraction of sp³-hybridized carbons (Fsp3) is 0.0213. The largest absolute Gasteiger partial charge is 2.00 e. The maximum atomic E-state index is 11.3. The van der Waals surface area contributed by atoms with Crippen LogP contribution in [0.5, 0.6) is 5.75 Å². The summed E-state index contributed by atoms with van der Waals surface area (Å²) in [6, 6.07) is 61.2. The number of rotatable bonds is 7. The Balaban J connectivity index is 0.00000397. The molecule has 3 heterocycles. The number of hydrogen-bond donors (Lipinski definition) is 1. The number of aryl methyl sites for hydroxylation is 1. The van der Waals surface area contributed by atoms with Gasteiger partial charge in [-0.15, -0.1) is 11.1 Å². The van der Waals surface area contributed by atoms with E-state index in [0.29, 0.717) is 11.4 Å². The molecule has 9 aromatic rings. The summed E-state index contributed by atoms with van der Waals surface area (Å²) in [5.41, 5.74) is 10.6. The average Bonchev–Trinajstić information content (AvgIpc) is 3.77. The minimum Gasteiger partial charge on any atom is -0.507 e. The van der Waals surface area contributed by atoms with E-state index >= 15 is 0 Å². The van der Waals surface area contributed by atoms with Crippen LogP contribution in [0.1, 0.15) is 5.56 Å². The molecule has 10 rings (SSSR count). The van der Waals surface area contributed by atoms with E-state index in [4.69, 9.17) is 9.98 Å². The van der Waals surface area contributed by atoms with Crippen LogP contribution in [0.2, 0.25) is 0 Å². The van der Waals surface area contributed by atoms with Crippen molar-refractivity contribution in [2.75, 3.05) is 4.90 Å². The third-order valence-corrected chi connectivity index (χ3v) is 10.3. The Morgan fingerprint density at radius 3 is 2.15 bits per heavy atom. The molecule has 0 unspecified atom stereocenters. The number of para-hydroxylation sites is 5. The predicted octanol–water partition coefficient (Wildman–Crippen LogP) is 8.65. The molecular formula is C47H32BN5OPt. The van der Waals surface area contributed by atoms with Crippen molar-refractivity contribution in [1.82, 2.24) is 14.1 Å². The second-order valence-corrected chi connectivity index (χ2v) is 13.5.